The van der Waals surface area contributed by atoms with E-state index < -0.39 is 10.0 Å². The summed E-state index contributed by atoms with van der Waals surface area (Å²) in [5, 5.41) is 8.91. The van der Waals surface area contributed by atoms with Crippen molar-refractivity contribution in [1.29, 1.82) is 5.26 Å². The van der Waals surface area contributed by atoms with Gasteiger partial charge in [0, 0.05) is 13.1 Å². The van der Waals surface area contributed by atoms with E-state index in [2.05, 4.69) is 0 Å². The van der Waals surface area contributed by atoms with Crippen LogP contribution in [0.2, 0.25) is 0 Å². The molecule has 0 unspecified atom stereocenters. The standard InChI is InChI=1S/C14H20N2O2S/c1-4-8-16(9-5-2)19(17,18)14-10-13(11-15)7-6-12(14)3/h6-7,10H,4-5,8-9H2,1-3H3. The number of aryl methyl sites for hydroxylation is 1. The number of nitrogens with zero attached hydrogens (tertiary/aromatic N) is 2. The molecule has 1 rings (SSSR count). The molecule has 0 fully saturated rings. The fourth-order valence-corrected chi connectivity index (χ4v) is 3.81. The molecule has 0 saturated carbocycles. The lowest BCUT2D eigenvalue weighted by Gasteiger charge is -2.22. The molecule has 0 N–H and O–H groups in total. The van der Waals surface area contributed by atoms with Gasteiger partial charge in [0.25, 0.3) is 0 Å². The van der Waals surface area contributed by atoms with Crippen LogP contribution < -0.4 is 0 Å². The van der Waals surface area contributed by atoms with Gasteiger partial charge in [0.05, 0.1) is 16.5 Å². The van der Waals surface area contributed by atoms with Crippen LogP contribution in [0, 0.1) is 18.3 Å². The minimum atomic E-state index is -3.51. The van der Waals surface area contributed by atoms with Gasteiger partial charge in [-0.05, 0) is 37.5 Å². The first kappa shape index (κ1) is 15.7. The van der Waals surface area contributed by atoms with E-state index in [1.807, 2.05) is 19.9 Å². The van der Waals surface area contributed by atoms with E-state index >= 15 is 0 Å². The van der Waals surface area contributed by atoms with Crippen LogP contribution in [0.1, 0.15) is 37.8 Å². The molecule has 1 aromatic carbocycles. The van der Waals surface area contributed by atoms with Gasteiger partial charge in [-0.3, -0.25) is 0 Å². The third kappa shape index (κ3) is 3.55. The average Bonchev–Trinajstić information content (AvgIpc) is 2.39. The molecule has 0 aliphatic rings. The Labute approximate surface area is 115 Å². The van der Waals surface area contributed by atoms with Gasteiger partial charge in [-0.2, -0.15) is 9.57 Å². The van der Waals surface area contributed by atoms with Crippen molar-refractivity contribution in [1.82, 2.24) is 4.31 Å². The van der Waals surface area contributed by atoms with Crippen LogP contribution >= 0.6 is 0 Å². The van der Waals surface area contributed by atoms with Crippen LogP contribution in [0.15, 0.2) is 23.1 Å². The Kier molecular flexibility index (Phi) is 5.52. The molecule has 0 aliphatic heterocycles. The minimum Gasteiger partial charge on any atom is -0.207 e. The summed E-state index contributed by atoms with van der Waals surface area (Å²) in [5.41, 5.74) is 1.05. The van der Waals surface area contributed by atoms with Crippen molar-refractivity contribution < 1.29 is 8.42 Å². The van der Waals surface area contributed by atoms with E-state index in [9.17, 15) is 8.42 Å². The zero-order chi connectivity index (χ0) is 14.5. The molecule has 0 radical (unpaired) electrons. The Balaban J connectivity index is 3.28. The van der Waals surface area contributed by atoms with Crippen molar-refractivity contribution in [2.75, 3.05) is 13.1 Å². The highest BCUT2D eigenvalue weighted by Crippen LogP contribution is 2.21. The molecule has 0 aliphatic carbocycles. The number of hydrogen-bond acceptors (Lipinski definition) is 3. The maximum absolute atomic E-state index is 12.6. The summed E-state index contributed by atoms with van der Waals surface area (Å²) in [6.45, 7) is 6.68. The Morgan fingerprint density at radius 1 is 1.21 bits per heavy atom. The quantitative estimate of drug-likeness (QED) is 0.805. The minimum absolute atomic E-state index is 0.244. The van der Waals surface area contributed by atoms with Crippen LogP contribution in [0.25, 0.3) is 0 Å². The molecule has 0 aromatic heterocycles. The lowest BCUT2D eigenvalue weighted by atomic mass is 10.2. The molecule has 0 saturated heterocycles. The van der Waals surface area contributed by atoms with E-state index in [0.717, 1.165) is 12.8 Å². The summed E-state index contributed by atoms with van der Waals surface area (Å²) in [4.78, 5) is 0.244. The fourth-order valence-electron chi connectivity index (χ4n) is 1.94. The van der Waals surface area contributed by atoms with E-state index in [1.165, 1.54) is 10.4 Å². The summed E-state index contributed by atoms with van der Waals surface area (Å²) in [5.74, 6) is 0. The average molecular weight is 280 g/mol. The van der Waals surface area contributed by atoms with Gasteiger partial charge in [0.15, 0.2) is 0 Å². The zero-order valence-electron chi connectivity index (χ0n) is 11.7. The van der Waals surface area contributed by atoms with Crippen LogP contribution in [0.3, 0.4) is 0 Å². The summed E-state index contributed by atoms with van der Waals surface area (Å²) >= 11 is 0. The van der Waals surface area contributed by atoms with E-state index in [-0.39, 0.29) is 4.90 Å². The van der Waals surface area contributed by atoms with Gasteiger partial charge < -0.3 is 0 Å². The smallest absolute Gasteiger partial charge is 0.207 e. The van der Waals surface area contributed by atoms with E-state index in [4.69, 9.17) is 5.26 Å². The van der Waals surface area contributed by atoms with Crippen molar-refractivity contribution in [2.45, 2.75) is 38.5 Å². The second-order valence-corrected chi connectivity index (χ2v) is 6.40. The molecule has 0 atom stereocenters. The summed E-state index contributed by atoms with van der Waals surface area (Å²) in [7, 11) is -3.51. The molecule has 0 heterocycles. The number of sulfonamides is 1. The first-order valence-corrected chi connectivity index (χ1v) is 7.92. The maximum atomic E-state index is 12.6. The van der Waals surface area contributed by atoms with E-state index in [0.29, 0.717) is 24.2 Å². The van der Waals surface area contributed by atoms with Crippen LogP contribution in [0.4, 0.5) is 0 Å². The largest absolute Gasteiger partial charge is 0.243 e. The van der Waals surface area contributed by atoms with Crippen molar-refractivity contribution >= 4 is 10.0 Å². The van der Waals surface area contributed by atoms with Crippen molar-refractivity contribution in [2.24, 2.45) is 0 Å². The summed E-state index contributed by atoms with van der Waals surface area (Å²) in [6, 6.07) is 6.77. The summed E-state index contributed by atoms with van der Waals surface area (Å²) in [6.07, 6.45) is 1.55. The third-order valence-corrected chi connectivity index (χ3v) is 4.92. The predicted octanol–water partition coefficient (Wildman–Crippen LogP) is 2.68. The first-order chi connectivity index (χ1) is 8.97. The van der Waals surface area contributed by atoms with Gasteiger partial charge in [-0.15, -0.1) is 0 Å². The van der Waals surface area contributed by atoms with E-state index in [1.54, 1.807) is 19.1 Å². The highest BCUT2D eigenvalue weighted by atomic mass is 32.2. The SMILES string of the molecule is CCCN(CCC)S(=O)(=O)c1cc(C#N)ccc1C. The molecule has 0 spiro atoms. The molecule has 104 valence electrons. The molecule has 0 bridgehead atoms. The highest BCUT2D eigenvalue weighted by molar-refractivity contribution is 7.89. The third-order valence-electron chi connectivity index (χ3n) is 2.88. The molecule has 19 heavy (non-hydrogen) atoms. The molecular formula is C14H20N2O2S. The second-order valence-electron chi connectivity index (χ2n) is 4.50. The molecule has 4 nitrogen and oxygen atoms in total. The Morgan fingerprint density at radius 3 is 2.26 bits per heavy atom. The maximum Gasteiger partial charge on any atom is 0.243 e. The predicted molar refractivity (Wildman–Crippen MR) is 75.2 cm³/mol. The topological polar surface area (TPSA) is 61.2 Å². The van der Waals surface area contributed by atoms with Gasteiger partial charge in [-0.1, -0.05) is 19.9 Å². The second kappa shape index (κ2) is 6.69. The van der Waals surface area contributed by atoms with Crippen molar-refractivity contribution in [3.63, 3.8) is 0 Å². The molecule has 5 heteroatoms. The number of nitriles is 1. The lowest BCUT2D eigenvalue weighted by Crippen LogP contribution is -2.33. The zero-order valence-corrected chi connectivity index (χ0v) is 12.5. The van der Waals surface area contributed by atoms with Gasteiger partial charge in [0.2, 0.25) is 10.0 Å². The number of rotatable bonds is 6. The normalized spacial score (nSPS) is 11.5. The van der Waals surface area contributed by atoms with Gasteiger partial charge in [0.1, 0.15) is 0 Å². The molecule has 1 aromatic rings. The first-order valence-electron chi connectivity index (χ1n) is 6.48. The monoisotopic (exact) mass is 280 g/mol. The fraction of sp³-hybridized carbons (Fsp3) is 0.500. The molecular weight excluding hydrogens is 260 g/mol. The summed E-state index contributed by atoms with van der Waals surface area (Å²) < 4.78 is 26.7. The van der Waals surface area contributed by atoms with Gasteiger partial charge >= 0.3 is 0 Å². The Morgan fingerprint density at radius 2 is 1.79 bits per heavy atom. The van der Waals surface area contributed by atoms with Crippen LogP contribution in [0.5, 0.6) is 0 Å². The van der Waals surface area contributed by atoms with Gasteiger partial charge in [-0.25, -0.2) is 8.42 Å². The number of benzene rings is 1. The lowest BCUT2D eigenvalue weighted by molar-refractivity contribution is 0.409. The van der Waals surface area contributed by atoms with Crippen LogP contribution in [-0.2, 0) is 10.0 Å². The van der Waals surface area contributed by atoms with Crippen molar-refractivity contribution in [3.05, 3.63) is 29.3 Å². The van der Waals surface area contributed by atoms with Crippen LogP contribution in [-0.4, -0.2) is 25.8 Å². The Bertz CT molecular complexity index is 568. The number of hydrogen-bond donors (Lipinski definition) is 0. The molecule has 0 amide bonds. The highest BCUT2D eigenvalue weighted by Gasteiger charge is 2.25. The van der Waals surface area contributed by atoms with Crippen molar-refractivity contribution in [3.8, 4) is 6.07 Å². The Hall–Kier alpha value is -1.38.